The molecule has 0 amide bonds. The molecule has 0 aliphatic carbocycles. The van der Waals surface area contributed by atoms with E-state index in [0.717, 1.165) is 33.5 Å². The quantitative estimate of drug-likeness (QED) is 0.101. The first-order valence-electron chi connectivity index (χ1n) is 25.5. The molecule has 3 heterocycles. The second kappa shape index (κ2) is 18.7. The number of benzene rings is 11. The van der Waals surface area contributed by atoms with Gasteiger partial charge in [0.1, 0.15) is 0 Å². The number of rotatable bonds is 10. The molecule has 0 aliphatic heterocycles. The van der Waals surface area contributed by atoms with Gasteiger partial charge in [0.15, 0.2) is 8.07 Å². The third kappa shape index (κ3) is 7.80. The maximum atomic E-state index is 5.65. The summed E-state index contributed by atoms with van der Waals surface area (Å²) in [4.78, 5) is 11.2. The van der Waals surface area contributed by atoms with Gasteiger partial charge in [0.25, 0.3) is 0 Å². The van der Waals surface area contributed by atoms with Gasteiger partial charge in [-0.25, -0.2) is 9.97 Å². The van der Waals surface area contributed by atoms with Crippen LogP contribution in [0.5, 0.6) is 0 Å². The summed E-state index contributed by atoms with van der Waals surface area (Å²) in [7, 11) is -3.27. The van der Waals surface area contributed by atoms with Crippen LogP contribution in [0.3, 0.4) is 0 Å². The van der Waals surface area contributed by atoms with Gasteiger partial charge in [-0.15, -0.1) is 11.3 Å². The molecule has 0 spiro atoms. The third-order valence-corrected chi connectivity index (χ3v) is 20.8. The molecule has 0 unspecified atom stereocenters. The Morgan fingerprint density at radius 3 is 1.13 bits per heavy atom. The van der Waals surface area contributed by atoms with E-state index in [1.807, 2.05) is 11.3 Å². The molecule has 14 rings (SSSR count). The first-order valence-corrected chi connectivity index (χ1v) is 28.4. The van der Waals surface area contributed by atoms with Crippen molar-refractivity contribution in [1.82, 2.24) is 14.5 Å². The van der Waals surface area contributed by atoms with Crippen LogP contribution >= 0.6 is 11.3 Å². The number of hydrogen-bond donors (Lipinski definition) is 0. The van der Waals surface area contributed by atoms with Gasteiger partial charge < -0.3 is 0 Å². The van der Waals surface area contributed by atoms with Gasteiger partial charge in [0, 0.05) is 42.1 Å². The van der Waals surface area contributed by atoms with E-state index >= 15 is 0 Å². The summed E-state index contributed by atoms with van der Waals surface area (Å²) in [5, 5.41) is 9.96. The van der Waals surface area contributed by atoms with E-state index in [0.29, 0.717) is 5.95 Å². The predicted molar refractivity (Wildman–Crippen MR) is 320 cm³/mol. The molecule has 5 heteroatoms. The molecule has 0 saturated carbocycles. The van der Waals surface area contributed by atoms with Crippen molar-refractivity contribution in [2.75, 3.05) is 0 Å². The molecule has 0 saturated heterocycles. The average Bonchev–Trinajstić information content (AvgIpc) is 4.05. The molecule has 0 aliphatic rings. The van der Waals surface area contributed by atoms with Crippen LogP contribution in [0.2, 0.25) is 0 Å². The lowest BCUT2D eigenvalue weighted by atomic mass is 10.0. The Labute approximate surface area is 441 Å². The highest BCUT2D eigenvalue weighted by molar-refractivity contribution is 7.25. The minimum absolute atomic E-state index is 0.630. The second-order valence-corrected chi connectivity index (χ2v) is 24.2. The molecule has 11 aromatic carbocycles. The van der Waals surface area contributed by atoms with Crippen molar-refractivity contribution in [2.24, 2.45) is 0 Å². The zero-order valence-electron chi connectivity index (χ0n) is 40.9. The van der Waals surface area contributed by atoms with Crippen LogP contribution in [0.25, 0.3) is 104 Å². The highest BCUT2D eigenvalue weighted by atomic mass is 32.1. The highest BCUT2D eigenvalue weighted by Crippen LogP contribution is 2.38. The minimum Gasteiger partial charge on any atom is -0.278 e. The van der Waals surface area contributed by atoms with E-state index < -0.39 is 8.07 Å². The molecular weight excluding hydrogens is 943 g/mol. The Hall–Kier alpha value is -9.26. The van der Waals surface area contributed by atoms with Crippen LogP contribution < -0.4 is 20.7 Å². The Bertz CT molecular complexity index is 4170. The van der Waals surface area contributed by atoms with Crippen LogP contribution in [0.15, 0.2) is 285 Å². The molecule has 3 nitrogen and oxygen atoms in total. The lowest BCUT2D eigenvalue weighted by molar-refractivity contribution is 0.996. The van der Waals surface area contributed by atoms with Gasteiger partial charge in [-0.2, -0.15) is 0 Å². The Kier molecular flexibility index (Phi) is 11.1. The maximum absolute atomic E-state index is 5.65. The molecule has 0 bridgehead atoms. The van der Waals surface area contributed by atoms with Gasteiger partial charge in [0.2, 0.25) is 5.95 Å². The lowest BCUT2D eigenvalue weighted by Gasteiger charge is -2.35. The zero-order chi connectivity index (χ0) is 49.7. The molecule has 0 N–H and O–H groups in total. The zero-order valence-corrected chi connectivity index (χ0v) is 42.7. The van der Waals surface area contributed by atoms with E-state index in [4.69, 9.17) is 9.97 Å². The molecule has 14 aromatic rings. The van der Waals surface area contributed by atoms with Crippen molar-refractivity contribution in [3.05, 3.63) is 285 Å². The Morgan fingerprint density at radius 2 is 0.640 bits per heavy atom. The van der Waals surface area contributed by atoms with Crippen LogP contribution in [0, 0.1) is 0 Å². The van der Waals surface area contributed by atoms with Crippen molar-refractivity contribution in [2.45, 2.75) is 0 Å². The molecule has 75 heavy (non-hydrogen) atoms. The smallest absolute Gasteiger partial charge is 0.235 e. The number of hydrogen-bond acceptors (Lipinski definition) is 3. The van der Waals surface area contributed by atoms with Crippen molar-refractivity contribution in [3.63, 3.8) is 0 Å². The summed E-state index contributed by atoms with van der Waals surface area (Å²) in [5.41, 5.74) is 13.0. The van der Waals surface area contributed by atoms with Gasteiger partial charge in [-0.1, -0.05) is 249 Å². The largest absolute Gasteiger partial charge is 0.278 e. The van der Waals surface area contributed by atoms with Gasteiger partial charge in [0.05, 0.1) is 22.4 Å². The summed E-state index contributed by atoms with van der Waals surface area (Å²) < 4.78 is 4.79. The number of nitrogens with zero attached hydrogens (tertiary/aromatic N) is 3. The normalized spacial score (nSPS) is 11.7. The molecule has 352 valence electrons. The van der Waals surface area contributed by atoms with Crippen molar-refractivity contribution < 1.29 is 0 Å². The van der Waals surface area contributed by atoms with E-state index in [2.05, 4.69) is 290 Å². The van der Waals surface area contributed by atoms with E-state index in [1.165, 1.54) is 85.1 Å². The maximum Gasteiger partial charge on any atom is 0.235 e. The number of fused-ring (bicyclic) bond motifs is 6. The van der Waals surface area contributed by atoms with Crippen molar-refractivity contribution in [3.8, 4) is 61.8 Å². The fraction of sp³-hybridized carbons (Fsp3) is 0. The van der Waals surface area contributed by atoms with Crippen LogP contribution in [-0.4, -0.2) is 22.6 Å². The van der Waals surface area contributed by atoms with E-state index in [9.17, 15) is 0 Å². The third-order valence-electron chi connectivity index (χ3n) is 15.0. The number of thiophene rings is 1. The van der Waals surface area contributed by atoms with Crippen molar-refractivity contribution in [1.29, 1.82) is 0 Å². The summed E-state index contributed by atoms with van der Waals surface area (Å²) in [6.45, 7) is 0. The monoisotopic (exact) mass is 989 g/mol. The number of aromatic nitrogens is 3. The summed E-state index contributed by atoms with van der Waals surface area (Å²) in [6.07, 6.45) is 0. The molecular formula is C70H47N3SSi. The van der Waals surface area contributed by atoms with Crippen LogP contribution in [0.4, 0.5) is 0 Å². The van der Waals surface area contributed by atoms with Gasteiger partial charge in [-0.3, -0.25) is 4.57 Å². The first kappa shape index (κ1) is 44.4. The average molecular weight is 990 g/mol. The Morgan fingerprint density at radius 1 is 0.267 bits per heavy atom. The topological polar surface area (TPSA) is 30.7 Å². The van der Waals surface area contributed by atoms with E-state index in [-0.39, 0.29) is 0 Å². The predicted octanol–water partition coefficient (Wildman–Crippen LogP) is 15.7. The second-order valence-electron chi connectivity index (χ2n) is 19.3. The summed E-state index contributed by atoms with van der Waals surface area (Å²) >= 11 is 1.83. The Balaban J connectivity index is 1.05. The van der Waals surface area contributed by atoms with Gasteiger partial charge >= 0.3 is 0 Å². The van der Waals surface area contributed by atoms with Crippen LogP contribution in [0.1, 0.15) is 0 Å². The fourth-order valence-corrected chi connectivity index (χ4v) is 17.4. The van der Waals surface area contributed by atoms with Gasteiger partial charge in [-0.05, 0) is 90.5 Å². The molecule has 3 aromatic heterocycles. The minimum atomic E-state index is -3.27. The van der Waals surface area contributed by atoms with Crippen LogP contribution in [-0.2, 0) is 0 Å². The summed E-state index contributed by atoms with van der Waals surface area (Å²) in [5.74, 6) is 0.630. The molecule has 0 fully saturated rings. The highest BCUT2D eigenvalue weighted by Gasteiger charge is 2.42. The number of para-hydroxylation sites is 2. The van der Waals surface area contributed by atoms with Crippen molar-refractivity contribution >= 4 is 82.1 Å². The van der Waals surface area contributed by atoms with E-state index in [1.54, 1.807) is 0 Å². The SMILES string of the molecule is c1ccc(-c2cccc([Si](c3cccc(-c4ccccc4)c3)(c3cccc(-c4ccccc4)c3)c3cccc(-c4cc(-c5ccc6sc7ccccc7c6c5)nc(-n5c6ccccc6c6ccccc65)n4)c3)c2)cc1. The first-order chi connectivity index (χ1) is 37.2. The molecule has 0 atom stereocenters. The molecule has 0 radical (unpaired) electrons. The standard InChI is InChI=1S/C70H47N3SSi/c1-4-20-48(21-5-1)51-26-16-30-56(42-51)75(57-31-17-27-52(43-57)49-22-6-2-7-23-49,58-32-18-28-53(44-58)50-24-8-3-9-25-50)59-33-19-29-54(45-59)64-47-65(55-40-41-69-63(46-55)62-36-12-15-39-68(62)74-69)72-70(71-64)73-66-37-13-10-34-60(66)61-35-11-14-38-67(61)73/h1-47H. The fourth-order valence-electron chi connectivity index (χ4n) is 11.5. The lowest BCUT2D eigenvalue weighted by Crippen LogP contribution is -2.74. The summed E-state index contributed by atoms with van der Waals surface area (Å²) in [6, 6.07) is 105.